The van der Waals surface area contributed by atoms with Crippen LogP contribution in [0.1, 0.15) is 16.0 Å². The Labute approximate surface area is 192 Å². The van der Waals surface area contributed by atoms with Crippen LogP contribution in [0.25, 0.3) is 17.3 Å². The third-order valence-electron chi connectivity index (χ3n) is 5.12. The molecular weight excluding hydrogens is 442 g/mol. The standard InChI is InChI=1S/C24H15N3O3S2/c28-23-21(32-24(31)26(23)16-9-6-10-17(13-16)27(29)30)14-19-18-11-4-5-12-20(18)25-22(19)15-7-2-1-3-8-15/h1-14,28H/b19-14+. The number of thiazole rings is 1. The van der Waals surface area contributed by atoms with Crippen molar-refractivity contribution in [2.75, 3.05) is 0 Å². The second-order valence-electron chi connectivity index (χ2n) is 7.07. The summed E-state index contributed by atoms with van der Waals surface area (Å²) >= 11 is 6.72. The number of nitrogens with zero attached hydrogens (tertiary/aromatic N) is 3. The van der Waals surface area contributed by atoms with Crippen molar-refractivity contribution in [3.8, 4) is 11.6 Å². The number of non-ortho nitro benzene ring substituents is 1. The van der Waals surface area contributed by atoms with Crippen LogP contribution in [0.5, 0.6) is 5.88 Å². The molecule has 0 fully saturated rings. The first-order valence-corrected chi connectivity index (χ1v) is 10.9. The monoisotopic (exact) mass is 457 g/mol. The van der Waals surface area contributed by atoms with Crippen LogP contribution >= 0.6 is 23.6 Å². The Balaban J connectivity index is 1.66. The van der Waals surface area contributed by atoms with Gasteiger partial charge in [0.25, 0.3) is 5.69 Å². The molecule has 0 radical (unpaired) electrons. The van der Waals surface area contributed by atoms with Crippen LogP contribution in [-0.4, -0.2) is 20.3 Å². The van der Waals surface area contributed by atoms with Gasteiger partial charge in [0.15, 0.2) is 3.95 Å². The van der Waals surface area contributed by atoms with Crippen molar-refractivity contribution >= 4 is 52.3 Å². The maximum Gasteiger partial charge on any atom is 0.271 e. The second-order valence-corrected chi connectivity index (χ2v) is 8.75. The van der Waals surface area contributed by atoms with Crippen molar-refractivity contribution in [1.82, 2.24) is 4.57 Å². The molecule has 1 aromatic heterocycles. The van der Waals surface area contributed by atoms with Gasteiger partial charge in [-0.2, -0.15) is 0 Å². The molecule has 3 aromatic carbocycles. The molecule has 0 aliphatic carbocycles. The molecule has 0 bridgehead atoms. The Morgan fingerprint density at radius 1 is 1.03 bits per heavy atom. The lowest BCUT2D eigenvalue weighted by atomic mass is 9.97. The van der Waals surface area contributed by atoms with Crippen molar-refractivity contribution in [3.63, 3.8) is 0 Å². The first kappa shape index (κ1) is 20.0. The number of nitro benzene ring substituents is 1. The van der Waals surface area contributed by atoms with Crippen LogP contribution < -0.4 is 0 Å². The van der Waals surface area contributed by atoms with Crippen molar-refractivity contribution < 1.29 is 10.0 Å². The van der Waals surface area contributed by atoms with Gasteiger partial charge < -0.3 is 5.11 Å². The molecule has 0 amide bonds. The van der Waals surface area contributed by atoms with E-state index in [1.165, 1.54) is 28.0 Å². The Morgan fingerprint density at radius 2 is 1.78 bits per heavy atom. The molecule has 6 nitrogen and oxygen atoms in total. The summed E-state index contributed by atoms with van der Waals surface area (Å²) in [7, 11) is 0. The summed E-state index contributed by atoms with van der Waals surface area (Å²) in [6.07, 6.45) is 1.88. The second kappa shape index (κ2) is 7.99. The Hall–Kier alpha value is -3.88. The minimum Gasteiger partial charge on any atom is -0.493 e. The zero-order chi connectivity index (χ0) is 22.2. The lowest BCUT2D eigenvalue weighted by Gasteiger charge is -2.07. The summed E-state index contributed by atoms with van der Waals surface area (Å²) in [6, 6.07) is 23.7. The molecule has 1 N–H and O–H groups in total. The van der Waals surface area contributed by atoms with E-state index in [0.29, 0.717) is 14.5 Å². The van der Waals surface area contributed by atoms with E-state index in [1.54, 1.807) is 12.1 Å². The van der Waals surface area contributed by atoms with Crippen LogP contribution in [0, 0.1) is 14.1 Å². The number of fused-ring (bicyclic) bond motifs is 1. The fraction of sp³-hybridized carbons (Fsp3) is 0. The normalized spacial score (nSPS) is 13.8. The third kappa shape index (κ3) is 3.45. The molecule has 0 atom stereocenters. The maximum absolute atomic E-state index is 11.2. The lowest BCUT2D eigenvalue weighted by Crippen LogP contribution is -1.99. The van der Waals surface area contributed by atoms with Gasteiger partial charge in [-0.1, -0.05) is 54.6 Å². The first-order chi connectivity index (χ1) is 15.5. The molecule has 1 aliphatic rings. The van der Waals surface area contributed by atoms with Crippen LogP contribution in [0.2, 0.25) is 0 Å². The molecular formula is C24H15N3O3S2. The minimum absolute atomic E-state index is 0.0650. The number of aromatic nitrogens is 1. The van der Waals surface area contributed by atoms with Crippen LogP contribution in [0.3, 0.4) is 0 Å². The maximum atomic E-state index is 11.2. The third-order valence-corrected chi connectivity index (χ3v) is 6.43. The summed E-state index contributed by atoms with van der Waals surface area (Å²) in [5, 5.41) is 22.2. The van der Waals surface area contributed by atoms with E-state index in [1.807, 2.05) is 60.7 Å². The summed E-state index contributed by atoms with van der Waals surface area (Å²) < 4.78 is 1.83. The fourth-order valence-electron chi connectivity index (χ4n) is 3.65. The smallest absolute Gasteiger partial charge is 0.271 e. The number of aromatic hydroxyl groups is 1. The quantitative estimate of drug-likeness (QED) is 0.214. The molecule has 2 heterocycles. The van der Waals surface area contributed by atoms with Gasteiger partial charge in [-0.25, -0.2) is 4.99 Å². The molecule has 156 valence electrons. The number of para-hydroxylation sites is 1. The zero-order valence-electron chi connectivity index (χ0n) is 16.5. The average molecular weight is 458 g/mol. The van der Waals surface area contributed by atoms with Crippen molar-refractivity contribution in [3.05, 3.63) is 109 Å². The first-order valence-electron chi connectivity index (χ1n) is 9.68. The average Bonchev–Trinajstić information content (AvgIpc) is 3.31. The van der Waals surface area contributed by atoms with E-state index in [9.17, 15) is 15.2 Å². The number of allylic oxidation sites excluding steroid dienone is 1. The highest BCUT2D eigenvalue weighted by Gasteiger charge is 2.23. The Morgan fingerprint density at radius 3 is 2.56 bits per heavy atom. The minimum atomic E-state index is -0.475. The predicted molar refractivity (Wildman–Crippen MR) is 130 cm³/mol. The lowest BCUT2D eigenvalue weighted by molar-refractivity contribution is -0.384. The number of benzene rings is 3. The van der Waals surface area contributed by atoms with E-state index in [0.717, 1.165) is 28.1 Å². The Bertz CT molecular complexity index is 1480. The highest BCUT2D eigenvalue weighted by Crippen LogP contribution is 2.40. The largest absolute Gasteiger partial charge is 0.493 e. The molecule has 0 spiro atoms. The number of aliphatic imine (C=N–C) groups is 1. The van der Waals surface area contributed by atoms with Crippen molar-refractivity contribution in [2.45, 2.75) is 0 Å². The SMILES string of the molecule is O=[N+]([O-])c1cccc(-n2c(O)c(/C=C3/C(c4ccccc4)=Nc4ccccc43)sc2=S)c1. The molecule has 0 saturated heterocycles. The number of hydrogen-bond donors (Lipinski definition) is 1. The fourth-order valence-corrected chi connectivity index (χ4v) is 4.94. The zero-order valence-corrected chi connectivity index (χ0v) is 18.1. The van der Waals surface area contributed by atoms with E-state index >= 15 is 0 Å². The highest BCUT2D eigenvalue weighted by molar-refractivity contribution is 7.73. The van der Waals surface area contributed by atoms with Crippen LogP contribution in [-0.2, 0) is 0 Å². The van der Waals surface area contributed by atoms with Crippen molar-refractivity contribution in [2.24, 2.45) is 4.99 Å². The highest BCUT2D eigenvalue weighted by atomic mass is 32.1. The summed E-state index contributed by atoms with van der Waals surface area (Å²) in [4.78, 5) is 16.1. The van der Waals surface area contributed by atoms with Gasteiger partial charge in [-0.15, -0.1) is 11.3 Å². The van der Waals surface area contributed by atoms with Gasteiger partial charge in [-0.3, -0.25) is 14.7 Å². The van der Waals surface area contributed by atoms with E-state index in [2.05, 4.69) is 0 Å². The molecule has 32 heavy (non-hydrogen) atoms. The molecule has 8 heteroatoms. The molecule has 1 aliphatic heterocycles. The summed E-state index contributed by atoms with van der Waals surface area (Å²) in [6.45, 7) is 0. The Kier molecular flexibility index (Phi) is 5.01. The molecule has 5 rings (SSSR count). The van der Waals surface area contributed by atoms with Crippen LogP contribution in [0.4, 0.5) is 11.4 Å². The topological polar surface area (TPSA) is 80.7 Å². The molecule has 0 saturated carbocycles. The van der Waals surface area contributed by atoms with E-state index in [-0.39, 0.29) is 11.6 Å². The predicted octanol–water partition coefficient (Wildman–Crippen LogP) is 6.56. The molecule has 0 unspecified atom stereocenters. The van der Waals surface area contributed by atoms with Gasteiger partial charge in [0.2, 0.25) is 5.88 Å². The van der Waals surface area contributed by atoms with Gasteiger partial charge in [0, 0.05) is 28.8 Å². The summed E-state index contributed by atoms with van der Waals surface area (Å²) in [5.41, 5.74) is 4.85. The van der Waals surface area contributed by atoms with E-state index in [4.69, 9.17) is 17.2 Å². The number of hydrogen-bond acceptors (Lipinski definition) is 6. The molecule has 4 aromatic rings. The number of rotatable bonds is 4. The van der Waals surface area contributed by atoms with Gasteiger partial charge in [0.1, 0.15) is 0 Å². The van der Waals surface area contributed by atoms with Gasteiger partial charge in [0.05, 0.1) is 26.9 Å². The van der Waals surface area contributed by atoms with Gasteiger partial charge >= 0.3 is 0 Å². The van der Waals surface area contributed by atoms with E-state index < -0.39 is 4.92 Å². The number of nitro groups is 1. The summed E-state index contributed by atoms with van der Waals surface area (Å²) in [5.74, 6) is -0.0650. The van der Waals surface area contributed by atoms with Crippen LogP contribution in [0.15, 0.2) is 83.9 Å². The van der Waals surface area contributed by atoms with Gasteiger partial charge in [-0.05, 0) is 30.4 Å². The van der Waals surface area contributed by atoms with Crippen molar-refractivity contribution in [1.29, 1.82) is 0 Å².